The highest BCUT2D eigenvalue weighted by Gasteiger charge is 2.33. The molecular formula is C25H32F5N3O5S. The van der Waals surface area contributed by atoms with Crippen molar-refractivity contribution in [2.24, 2.45) is 5.92 Å². The van der Waals surface area contributed by atoms with E-state index in [-0.39, 0.29) is 35.5 Å². The molecule has 218 valence electrons. The van der Waals surface area contributed by atoms with Gasteiger partial charge in [0, 0.05) is 30.6 Å². The van der Waals surface area contributed by atoms with Gasteiger partial charge in [-0.2, -0.15) is 35.5 Å². The van der Waals surface area contributed by atoms with Gasteiger partial charge < -0.3 is 15.2 Å². The van der Waals surface area contributed by atoms with Crippen molar-refractivity contribution in [1.82, 2.24) is 15.1 Å². The molecule has 0 spiro atoms. The van der Waals surface area contributed by atoms with Gasteiger partial charge in [-0.25, -0.2) is 0 Å². The zero-order chi connectivity index (χ0) is 29.4. The molecule has 1 heterocycles. The first-order valence-corrected chi connectivity index (χ1v) is 13.0. The van der Waals surface area contributed by atoms with Crippen molar-refractivity contribution in [3.63, 3.8) is 0 Å². The lowest BCUT2D eigenvalue weighted by molar-refractivity contribution is -0.134. The van der Waals surface area contributed by atoms with Crippen molar-refractivity contribution in [2.45, 2.75) is 84.2 Å². The van der Waals surface area contributed by atoms with Crippen LogP contribution in [0.25, 0.3) is 11.3 Å². The van der Waals surface area contributed by atoms with E-state index in [1.807, 2.05) is 0 Å². The molecule has 1 amide bonds. The van der Waals surface area contributed by atoms with E-state index in [1.165, 1.54) is 22.9 Å². The molecule has 0 radical (unpaired) electrons. The predicted molar refractivity (Wildman–Crippen MR) is 133 cm³/mol. The highest BCUT2D eigenvalue weighted by Crippen LogP contribution is 2.37. The molecule has 14 heteroatoms. The van der Waals surface area contributed by atoms with Gasteiger partial charge in [-0.1, -0.05) is 13.0 Å². The zero-order valence-corrected chi connectivity index (χ0v) is 22.6. The molecule has 3 rings (SSSR count). The number of carbonyl (C=O) groups excluding carboxylic acids is 1. The second kappa shape index (κ2) is 14.0. The summed E-state index contributed by atoms with van der Waals surface area (Å²) in [6.07, 6.45) is -2.97. The third-order valence-electron chi connectivity index (χ3n) is 6.70. The molecule has 0 aliphatic heterocycles. The fourth-order valence-corrected chi connectivity index (χ4v) is 4.54. The Bertz CT molecular complexity index is 1160. The Morgan fingerprint density at radius 3 is 2.44 bits per heavy atom. The number of benzene rings is 1. The SMILES string of the molecule is CCn1nc(C(=O)NCC2(O)CCC(C)CC2)c(C)c1-c1ccc(CCC(F)(F)F)cc1OC(F)F.O=S=O. The predicted octanol–water partition coefficient (Wildman–Crippen LogP) is 4.98. The number of carbonyl (C=O) groups is 1. The minimum Gasteiger partial charge on any atom is -0.434 e. The molecule has 1 saturated carbocycles. The number of ether oxygens (including phenoxy) is 1. The largest absolute Gasteiger partial charge is 0.434 e. The Labute approximate surface area is 226 Å². The number of aliphatic hydroxyl groups is 1. The average molecular weight is 582 g/mol. The Kier molecular flexibility index (Phi) is 11.6. The van der Waals surface area contributed by atoms with Crippen LogP contribution in [0.1, 0.15) is 67.6 Å². The minimum atomic E-state index is -4.38. The number of aromatic nitrogens is 2. The molecule has 2 aromatic rings. The van der Waals surface area contributed by atoms with Crippen LogP contribution in [-0.4, -0.2) is 54.1 Å². The number of hydrogen-bond donors (Lipinski definition) is 2. The Morgan fingerprint density at radius 1 is 1.28 bits per heavy atom. The molecule has 39 heavy (non-hydrogen) atoms. The van der Waals surface area contributed by atoms with Gasteiger partial charge in [0.25, 0.3) is 5.91 Å². The van der Waals surface area contributed by atoms with Crippen molar-refractivity contribution in [3.05, 3.63) is 35.0 Å². The fourth-order valence-electron chi connectivity index (χ4n) is 4.54. The first kappa shape index (κ1) is 32.3. The number of halogens is 5. The lowest BCUT2D eigenvalue weighted by Gasteiger charge is -2.34. The Balaban J connectivity index is 0.00000170. The van der Waals surface area contributed by atoms with Crippen LogP contribution in [-0.2, 0) is 24.5 Å². The summed E-state index contributed by atoms with van der Waals surface area (Å²) >= 11 is -0.750. The third-order valence-corrected chi connectivity index (χ3v) is 6.70. The molecule has 1 aliphatic carbocycles. The van der Waals surface area contributed by atoms with Crippen LogP contribution in [0.4, 0.5) is 22.0 Å². The number of nitrogens with one attached hydrogen (secondary N) is 1. The first-order valence-electron chi connectivity index (χ1n) is 12.4. The molecule has 0 saturated heterocycles. The second-order valence-electron chi connectivity index (χ2n) is 9.62. The van der Waals surface area contributed by atoms with E-state index in [0.29, 0.717) is 36.6 Å². The summed E-state index contributed by atoms with van der Waals surface area (Å²) in [4.78, 5) is 13.0. The van der Waals surface area contributed by atoms with Crippen LogP contribution >= 0.6 is 0 Å². The summed E-state index contributed by atoms with van der Waals surface area (Å²) in [5.74, 6) is -0.276. The minimum absolute atomic E-state index is 0.0694. The van der Waals surface area contributed by atoms with E-state index >= 15 is 0 Å². The van der Waals surface area contributed by atoms with Gasteiger partial charge in [0.2, 0.25) is 0 Å². The van der Waals surface area contributed by atoms with Crippen LogP contribution in [0.3, 0.4) is 0 Å². The molecule has 0 atom stereocenters. The van der Waals surface area contributed by atoms with Gasteiger partial charge in [-0.05, 0) is 69.6 Å². The number of hydrogen-bond acceptors (Lipinski definition) is 6. The smallest absolute Gasteiger partial charge is 0.389 e. The van der Waals surface area contributed by atoms with Gasteiger partial charge in [-0.3, -0.25) is 9.48 Å². The maximum atomic E-state index is 13.2. The van der Waals surface area contributed by atoms with Crippen LogP contribution in [0.2, 0.25) is 0 Å². The Hall–Kier alpha value is -2.87. The summed E-state index contributed by atoms with van der Waals surface area (Å²) in [5, 5.41) is 17.9. The van der Waals surface area contributed by atoms with Crippen molar-refractivity contribution in [2.75, 3.05) is 6.54 Å². The van der Waals surface area contributed by atoms with Crippen molar-refractivity contribution < 1.29 is 45.0 Å². The average Bonchev–Trinajstić information content (AvgIpc) is 3.19. The van der Waals surface area contributed by atoms with E-state index in [1.54, 1.807) is 13.8 Å². The Morgan fingerprint density at radius 2 is 1.90 bits per heavy atom. The van der Waals surface area contributed by atoms with Crippen molar-refractivity contribution >= 4 is 17.5 Å². The molecule has 1 aromatic heterocycles. The zero-order valence-electron chi connectivity index (χ0n) is 21.8. The monoisotopic (exact) mass is 581 g/mol. The molecule has 1 fully saturated rings. The highest BCUT2D eigenvalue weighted by molar-refractivity contribution is 7.51. The summed E-state index contributed by atoms with van der Waals surface area (Å²) in [6, 6.07) is 4.00. The second-order valence-corrected chi connectivity index (χ2v) is 9.76. The van der Waals surface area contributed by atoms with Crippen LogP contribution in [0, 0.1) is 12.8 Å². The number of amides is 1. The standard InChI is InChI=1S/C25H32F5N3O3.O2S/c1-4-33-21(18-6-5-17(9-12-25(28,29)30)13-19(18)36-23(26)27)16(3)20(32-33)22(34)31-14-24(35)10-7-15(2)8-11-24;1-3-2/h5-6,13,15,23,35H,4,7-12,14H2,1-3H3,(H,31,34);. The van der Waals surface area contributed by atoms with Gasteiger partial charge >= 0.3 is 24.4 Å². The lowest BCUT2D eigenvalue weighted by atomic mass is 9.79. The van der Waals surface area contributed by atoms with Crippen LogP contribution in [0.5, 0.6) is 5.75 Å². The summed E-state index contributed by atoms with van der Waals surface area (Å²) in [5.41, 5.74) is 0.226. The summed E-state index contributed by atoms with van der Waals surface area (Å²) in [7, 11) is 0. The van der Waals surface area contributed by atoms with Gasteiger partial charge in [0.05, 0.1) is 11.3 Å². The van der Waals surface area contributed by atoms with E-state index < -0.39 is 42.3 Å². The van der Waals surface area contributed by atoms with E-state index in [9.17, 15) is 31.9 Å². The third kappa shape index (κ3) is 9.38. The maximum Gasteiger partial charge on any atom is 0.389 e. The quantitative estimate of drug-likeness (QED) is 0.405. The topological polar surface area (TPSA) is 111 Å². The fraction of sp³-hybridized carbons (Fsp3) is 0.600. The van der Waals surface area contributed by atoms with Crippen molar-refractivity contribution in [1.29, 1.82) is 0 Å². The van der Waals surface area contributed by atoms with Crippen LogP contribution < -0.4 is 10.1 Å². The normalized spacial score (nSPS) is 19.3. The van der Waals surface area contributed by atoms with E-state index in [0.717, 1.165) is 12.8 Å². The van der Waals surface area contributed by atoms with E-state index in [2.05, 4.69) is 22.1 Å². The summed E-state index contributed by atoms with van der Waals surface area (Å²) < 4.78 is 86.9. The van der Waals surface area contributed by atoms with Gasteiger partial charge in [0.15, 0.2) is 5.69 Å². The number of aryl methyl sites for hydroxylation is 2. The first-order chi connectivity index (χ1) is 18.2. The number of nitrogens with zero attached hydrogens (tertiary/aromatic N) is 2. The number of rotatable bonds is 9. The molecule has 1 aliphatic rings. The molecule has 0 unspecified atom stereocenters. The lowest BCUT2D eigenvalue weighted by Crippen LogP contribution is -2.45. The van der Waals surface area contributed by atoms with E-state index in [4.69, 9.17) is 8.42 Å². The van der Waals surface area contributed by atoms with Gasteiger partial charge in [0.1, 0.15) is 5.75 Å². The molecule has 1 aromatic carbocycles. The van der Waals surface area contributed by atoms with Gasteiger partial charge in [-0.15, -0.1) is 0 Å². The molecule has 8 nitrogen and oxygen atoms in total. The maximum absolute atomic E-state index is 13.2. The van der Waals surface area contributed by atoms with Crippen molar-refractivity contribution in [3.8, 4) is 17.0 Å². The summed E-state index contributed by atoms with van der Waals surface area (Å²) in [6.45, 7) is 2.67. The molecule has 2 N–H and O–H groups in total. The molecule has 0 bridgehead atoms. The molecular weight excluding hydrogens is 549 g/mol. The highest BCUT2D eigenvalue weighted by atomic mass is 32.1. The number of alkyl halides is 5. The van der Waals surface area contributed by atoms with Crippen LogP contribution in [0.15, 0.2) is 18.2 Å².